The second-order valence-electron chi connectivity index (χ2n) is 4.44. The predicted octanol–water partition coefficient (Wildman–Crippen LogP) is 4.94. The van der Waals surface area contributed by atoms with Crippen LogP contribution in [0.2, 0.25) is 0 Å². The summed E-state index contributed by atoms with van der Waals surface area (Å²) in [6.45, 7) is 6.43. The Kier molecular flexibility index (Phi) is 13.9. The SMILES string of the molecule is CCCCCCCCCCOCCCC. The first-order valence-corrected chi connectivity index (χ1v) is 6.99. The van der Waals surface area contributed by atoms with Crippen LogP contribution in [0.25, 0.3) is 0 Å². The minimum absolute atomic E-state index is 0.965. The van der Waals surface area contributed by atoms with Gasteiger partial charge >= 0.3 is 0 Å². The summed E-state index contributed by atoms with van der Waals surface area (Å²) >= 11 is 0. The van der Waals surface area contributed by atoms with E-state index in [1.165, 1.54) is 64.2 Å². The first kappa shape index (κ1) is 15.0. The maximum Gasteiger partial charge on any atom is 0.0466 e. The summed E-state index contributed by atoms with van der Waals surface area (Å²) < 4.78 is 5.52. The van der Waals surface area contributed by atoms with Gasteiger partial charge in [-0.2, -0.15) is 0 Å². The summed E-state index contributed by atoms with van der Waals surface area (Å²) in [6, 6.07) is 0. The molecule has 0 saturated heterocycles. The predicted molar refractivity (Wildman–Crippen MR) is 68.3 cm³/mol. The summed E-state index contributed by atoms with van der Waals surface area (Å²) in [7, 11) is 0. The normalized spacial score (nSPS) is 10.8. The van der Waals surface area contributed by atoms with E-state index >= 15 is 0 Å². The van der Waals surface area contributed by atoms with Crippen LogP contribution in [0.1, 0.15) is 78.1 Å². The van der Waals surface area contributed by atoms with Crippen molar-refractivity contribution in [1.82, 2.24) is 0 Å². The maximum absolute atomic E-state index is 5.52. The Hall–Kier alpha value is -0.0400. The molecule has 0 radical (unpaired) electrons. The lowest BCUT2D eigenvalue weighted by molar-refractivity contribution is 0.127. The molecule has 0 rings (SSSR count). The molecule has 0 spiro atoms. The second-order valence-corrected chi connectivity index (χ2v) is 4.44. The molecule has 0 N–H and O–H groups in total. The van der Waals surface area contributed by atoms with Gasteiger partial charge in [-0.05, 0) is 12.8 Å². The highest BCUT2D eigenvalue weighted by atomic mass is 16.5. The van der Waals surface area contributed by atoms with Gasteiger partial charge in [-0.15, -0.1) is 0 Å². The molecule has 92 valence electrons. The van der Waals surface area contributed by atoms with Gasteiger partial charge in [-0.3, -0.25) is 0 Å². The highest BCUT2D eigenvalue weighted by Crippen LogP contribution is 2.08. The van der Waals surface area contributed by atoms with Gasteiger partial charge < -0.3 is 4.74 Å². The molecule has 0 aromatic rings. The van der Waals surface area contributed by atoms with E-state index in [-0.39, 0.29) is 0 Å². The van der Waals surface area contributed by atoms with Gasteiger partial charge in [0.2, 0.25) is 0 Å². The van der Waals surface area contributed by atoms with Crippen molar-refractivity contribution < 1.29 is 4.74 Å². The van der Waals surface area contributed by atoms with Crippen molar-refractivity contribution >= 4 is 0 Å². The van der Waals surface area contributed by atoms with E-state index in [0.29, 0.717) is 0 Å². The Bertz CT molecular complexity index is 89.5. The summed E-state index contributed by atoms with van der Waals surface area (Å²) in [5, 5.41) is 0. The number of hydrogen-bond donors (Lipinski definition) is 0. The number of rotatable bonds is 12. The summed E-state index contributed by atoms with van der Waals surface area (Å²) in [5.74, 6) is 0. The molecule has 1 nitrogen and oxygen atoms in total. The lowest BCUT2D eigenvalue weighted by Crippen LogP contribution is -1.96. The van der Waals surface area contributed by atoms with Gasteiger partial charge in [0.05, 0.1) is 0 Å². The highest BCUT2D eigenvalue weighted by molar-refractivity contribution is 4.45. The van der Waals surface area contributed by atoms with Crippen molar-refractivity contribution in [3.05, 3.63) is 0 Å². The van der Waals surface area contributed by atoms with Gasteiger partial charge in [0.1, 0.15) is 0 Å². The molecule has 15 heavy (non-hydrogen) atoms. The van der Waals surface area contributed by atoms with Crippen molar-refractivity contribution in [2.45, 2.75) is 78.1 Å². The van der Waals surface area contributed by atoms with Crippen LogP contribution in [-0.4, -0.2) is 13.2 Å². The summed E-state index contributed by atoms with van der Waals surface area (Å²) in [6.07, 6.45) is 13.6. The topological polar surface area (TPSA) is 9.23 Å². The fraction of sp³-hybridized carbons (Fsp3) is 1.00. The Morgan fingerprint density at radius 1 is 0.533 bits per heavy atom. The highest BCUT2D eigenvalue weighted by Gasteiger charge is 1.92. The molecule has 0 aliphatic carbocycles. The van der Waals surface area contributed by atoms with Crippen LogP contribution in [0.4, 0.5) is 0 Å². The number of hydrogen-bond acceptors (Lipinski definition) is 1. The van der Waals surface area contributed by atoms with E-state index in [1.807, 2.05) is 0 Å². The van der Waals surface area contributed by atoms with E-state index < -0.39 is 0 Å². The first-order chi connectivity index (χ1) is 7.41. The standard InChI is InChI=1S/C14H30O/c1-3-5-7-8-9-10-11-12-14-15-13-6-4-2/h3-14H2,1-2H3. The molecule has 0 aliphatic rings. The van der Waals surface area contributed by atoms with E-state index in [1.54, 1.807) is 0 Å². The fourth-order valence-corrected chi connectivity index (χ4v) is 1.69. The number of unbranched alkanes of at least 4 members (excludes halogenated alkanes) is 8. The van der Waals surface area contributed by atoms with E-state index in [0.717, 1.165) is 13.2 Å². The monoisotopic (exact) mass is 214 g/mol. The Balaban J connectivity index is 2.81. The van der Waals surface area contributed by atoms with Crippen LogP contribution in [0, 0.1) is 0 Å². The Morgan fingerprint density at radius 3 is 1.60 bits per heavy atom. The summed E-state index contributed by atoms with van der Waals surface area (Å²) in [5.41, 5.74) is 0. The molecular formula is C14H30O. The average molecular weight is 214 g/mol. The van der Waals surface area contributed by atoms with Gasteiger partial charge in [-0.1, -0.05) is 65.2 Å². The average Bonchev–Trinajstić information content (AvgIpc) is 2.26. The van der Waals surface area contributed by atoms with Crippen LogP contribution in [0.15, 0.2) is 0 Å². The molecule has 0 bridgehead atoms. The zero-order chi connectivity index (χ0) is 11.2. The zero-order valence-corrected chi connectivity index (χ0v) is 10.9. The Morgan fingerprint density at radius 2 is 1.00 bits per heavy atom. The third-order valence-electron chi connectivity index (χ3n) is 2.78. The molecule has 0 saturated carbocycles. The molecule has 0 aromatic heterocycles. The lowest BCUT2D eigenvalue weighted by atomic mass is 10.1. The largest absolute Gasteiger partial charge is 0.381 e. The zero-order valence-electron chi connectivity index (χ0n) is 10.9. The quantitative estimate of drug-likeness (QED) is 0.418. The van der Waals surface area contributed by atoms with E-state index in [2.05, 4.69) is 13.8 Å². The first-order valence-electron chi connectivity index (χ1n) is 6.99. The molecule has 0 unspecified atom stereocenters. The van der Waals surface area contributed by atoms with Crippen LogP contribution in [0.5, 0.6) is 0 Å². The molecule has 0 amide bonds. The molecule has 0 heterocycles. The van der Waals surface area contributed by atoms with Crippen LogP contribution in [-0.2, 0) is 4.74 Å². The smallest absolute Gasteiger partial charge is 0.0466 e. The van der Waals surface area contributed by atoms with E-state index in [4.69, 9.17) is 4.74 Å². The minimum Gasteiger partial charge on any atom is -0.381 e. The summed E-state index contributed by atoms with van der Waals surface area (Å²) in [4.78, 5) is 0. The van der Waals surface area contributed by atoms with Crippen molar-refractivity contribution in [1.29, 1.82) is 0 Å². The van der Waals surface area contributed by atoms with Gasteiger partial charge in [0.15, 0.2) is 0 Å². The lowest BCUT2D eigenvalue weighted by Gasteiger charge is -2.03. The molecule has 0 atom stereocenters. The third-order valence-corrected chi connectivity index (χ3v) is 2.78. The molecule has 1 heteroatoms. The van der Waals surface area contributed by atoms with Gasteiger partial charge in [-0.25, -0.2) is 0 Å². The van der Waals surface area contributed by atoms with Crippen molar-refractivity contribution in [2.75, 3.05) is 13.2 Å². The fourth-order valence-electron chi connectivity index (χ4n) is 1.69. The van der Waals surface area contributed by atoms with Crippen LogP contribution >= 0.6 is 0 Å². The van der Waals surface area contributed by atoms with Crippen molar-refractivity contribution in [3.8, 4) is 0 Å². The van der Waals surface area contributed by atoms with E-state index in [9.17, 15) is 0 Å². The van der Waals surface area contributed by atoms with Crippen molar-refractivity contribution in [3.63, 3.8) is 0 Å². The number of ether oxygens (including phenoxy) is 1. The second kappa shape index (κ2) is 14.0. The van der Waals surface area contributed by atoms with Crippen molar-refractivity contribution in [2.24, 2.45) is 0 Å². The van der Waals surface area contributed by atoms with Gasteiger partial charge in [0, 0.05) is 13.2 Å². The third kappa shape index (κ3) is 14.0. The molecule has 0 aliphatic heterocycles. The molecular weight excluding hydrogens is 184 g/mol. The maximum atomic E-state index is 5.52. The van der Waals surface area contributed by atoms with Crippen LogP contribution in [0.3, 0.4) is 0 Å². The Labute approximate surface area is 96.6 Å². The van der Waals surface area contributed by atoms with Gasteiger partial charge in [0.25, 0.3) is 0 Å². The van der Waals surface area contributed by atoms with Crippen LogP contribution < -0.4 is 0 Å². The minimum atomic E-state index is 0.965. The molecule has 0 aromatic carbocycles. The molecule has 0 fully saturated rings.